The van der Waals surface area contributed by atoms with Crippen LogP contribution in [0, 0.1) is 23.7 Å². The zero-order chi connectivity index (χ0) is 62.0. The minimum absolute atomic E-state index is 0.290. The molecule has 470 valence electrons. The third-order valence-electron chi connectivity index (χ3n) is 17.4. The topological polar surface area (TPSA) is 138 Å². The van der Waals surface area contributed by atoms with Crippen LogP contribution in [-0.2, 0) is 30.2 Å². The molecule has 0 amide bonds. The second-order valence-electron chi connectivity index (χ2n) is 23.7. The van der Waals surface area contributed by atoms with Crippen LogP contribution in [0.4, 0.5) is 17.1 Å². The third-order valence-corrected chi connectivity index (χ3v) is 22.0. The van der Waals surface area contributed by atoms with Gasteiger partial charge in [0.05, 0.1) is 14.7 Å². The van der Waals surface area contributed by atoms with Crippen molar-refractivity contribution < 1.29 is 34.4 Å². The van der Waals surface area contributed by atoms with Crippen molar-refractivity contribution in [3.63, 3.8) is 0 Å². The monoisotopic (exact) mass is 1220 g/mol. The molecule has 4 aromatic carbocycles. The first kappa shape index (κ1) is 71.1. The molecule has 0 N–H and O–H groups in total. The van der Waals surface area contributed by atoms with Crippen molar-refractivity contribution in [3.8, 4) is 0 Å². The van der Waals surface area contributed by atoms with Crippen LogP contribution in [0.25, 0.3) is 5.57 Å². The second kappa shape index (κ2) is 35.9. The molecule has 1 aliphatic carbocycles. The molecule has 0 bridgehead atoms. The number of rotatable bonds is 40. The molecule has 0 radical (unpaired) electrons. The molecule has 1 aliphatic rings. The van der Waals surface area contributed by atoms with Crippen molar-refractivity contribution in [3.05, 3.63) is 138 Å². The molecular weight excluding hydrogens is 1120 g/mol. The molecule has 0 spiro atoms. The van der Waals surface area contributed by atoms with E-state index in [1.54, 1.807) is 51.1 Å². The first-order valence-electron chi connectivity index (χ1n) is 32.8. The van der Waals surface area contributed by atoms with E-state index in [1.807, 2.05) is 72.8 Å². The average Bonchev–Trinajstić information content (AvgIpc) is 2.38. The SMILES string of the molecule is CCCCC(CC)CN(CC(CC)CCCC)S(=O)(=O)c1ccc(N(CCCC)c2ccc(C(=C3C=CC(=[N+](CCCC)c4ccc(S(=O)(=O)N(CC(CC)CCCC)CC(CC)CCCC)cc4)C=C3)c3ccccc3S(=O)(=O)[O-])cc2)cc1. The van der Waals surface area contributed by atoms with Crippen molar-refractivity contribution in [2.75, 3.05) is 44.2 Å². The quantitative estimate of drug-likeness (QED) is 0.0317. The molecule has 4 aromatic rings. The van der Waals surface area contributed by atoms with Gasteiger partial charge in [0.2, 0.25) is 31.4 Å². The second-order valence-corrected chi connectivity index (χ2v) is 29.0. The zero-order valence-electron chi connectivity index (χ0n) is 53.6. The fourth-order valence-corrected chi connectivity index (χ4v) is 15.6. The number of sulfonamides is 2. The Kier molecular flexibility index (Phi) is 30.0. The van der Waals surface area contributed by atoms with Crippen LogP contribution in [0.1, 0.15) is 209 Å². The fraction of sp³-hybridized carbons (Fsp3) is 0.563. The van der Waals surface area contributed by atoms with Gasteiger partial charge in [-0.3, -0.25) is 0 Å². The Labute approximate surface area is 516 Å². The molecule has 0 fully saturated rings. The average molecular weight is 1220 g/mol. The van der Waals surface area contributed by atoms with Crippen molar-refractivity contribution >= 4 is 58.5 Å². The number of allylic oxidation sites excluding steroid dienone is 5. The predicted molar refractivity (Wildman–Crippen MR) is 355 cm³/mol. The lowest BCUT2D eigenvalue weighted by Crippen LogP contribution is -2.39. The third kappa shape index (κ3) is 20.4. The number of nitrogens with zero attached hydrogens (tertiary/aromatic N) is 4. The minimum atomic E-state index is -4.89. The van der Waals surface area contributed by atoms with E-state index >= 15 is 0 Å². The highest BCUT2D eigenvalue weighted by Crippen LogP contribution is 2.37. The molecule has 0 aliphatic heterocycles. The molecule has 5 rings (SSSR count). The van der Waals surface area contributed by atoms with Gasteiger partial charge in [0.25, 0.3) is 0 Å². The summed E-state index contributed by atoms with van der Waals surface area (Å²) in [4.78, 5) is 2.47. The summed E-state index contributed by atoms with van der Waals surface area (Å²) in [7, 11) is -12.5. The maximum absolute atomic E-state index is 14.7. The molecule has 0 aromatic heterocycles. The highest BCUT2D eigenvalue weighted by Gasteiger charge is 2.32. The summed E-state index contributed by atoms with van der Waals surface area (Å²) in [6.07, 6.45) is 28.0. The Hall–Kier alpha value is -4.70. The Balaban J connectivity index is 1.55. The summed E-state index contributed by atoms with van der Waals surface area (Å²) in [5, 5.41) is 0. The summed E-state index contributed by atoms with van der Waals surface area (Å²) in [6.45, 7) is 25.1. The van der Waals surface area contributed by atoms with Gasteiger partial charge in [0.15, 0.2) is 0 Å². The molecule has 14 heteroatoms. The summed E-state index contributed by atoms with van der Waals surface area (Å²) in [6, 6.07) is 28.9. The molecule has 4 atom stereocenters. The number of hydrogen-bond acceptors (Lipinski definition) is 8. The van der Waals surface area contributed by atoms with Gasteiger partial charge in [-0.05, 0) is 139 Å². The van der Waals surface area contributed by atoms with Gasteiger partial charge in [-0.2, -0.15) is 13.2 Å². The van der Waals surface area contributed by atoms with E-state index in [-0.39, 0.29) is 10.5 Å². The Morgan fingerprint density at radius 3 is 1.24 bits per heavy atom. The Morgan fingerprint density at radius 2 is 0.847 bits per heavy atom. The van der Waals surface area contributed by atoms with E-state index in [9.17, 15) is 29.8 Å². The van der Waals surface area contributed by atoms with Crippen LogP contribution in [0.15, 0.2) is 142 Å². The molecule has 11 nitrogen and oxygen atoms in total. The lowest BCUT2D eigenvalue weighted by atomic mass is 9.90. The summed E-state index contributed by atoms with van der Waals surface area (Å²) >= 11 is 0. The van der Waals surface area contributed by atoms with E-state index in [1.165, 1.54) is 6.07 Å². The van der Waals surface area contributed by atoms with Crippen molar-refractivity contribution in [1.82, 2.24) is 8.61 Å². The first-order valence-corrected chi connectivity index (χ1v) is 37.1. The lowest BCUT2D eigenvalue weighted by Gasteiger charge is -2.30. The first-order chi connectivity index (χ1) is 40.9. The van der Waals surface area contributed by atoms with Gasteiger partial charge in [-0.1, -0.05) is 189 Å². The van der Waals surface area contributed by atoms with E-state index in [4.69, 9.17) is 0 Å². The van der Waals surface area contributed by atoms with Crippen molar-refractivity contribution in [2.24, 2.45) is 23.7 Å². The van der Waals surface area contributed by atoms with Gasteiger partial charge >= 0.3 is 0 Å². The summed E-state index contributed by atoms with van der Waals surface area (Å²) in [5.41, 5.74) is 5.75. The maximum Gasteiger partial charge on any atom is 0.243 e. The number of benzene rings is 4. The van der Waals surface area contributed by atoms with Gasteiger partial charge in [-0.25, -0.2) is 25.3 Å². The molecule has 0 heterocycles. The number of anilines is 2. The van der Waals surface area contributed by atoms with Crippen LogP contribution in [0.5, 0.6) is 0 Å². The van der Waals surface area contributed by atoms with Gasteiger partial charge in [0.1, 0.15) is 16.7 Å². The minimum Gasteiger partial charge on any atom is -0.744 e. The van der Waals surface area contributed by atoms with E-state index in [0.717, 1.165) is 151 Å². The Morgan fingerprint density at radius 1 is 0.459 bits per heavy atom. The highest BCUT2D eigenvalue weighted by molar-refractivity contribution is 7.89. The van der Waals surface area contributed by atoms with Crippen molar-refractivity contribution in [1.29, 1.82) is 0 Å². The molecule has 85 heavy (non-hydrogen) atoms. The smallest absolute Gasteiger partial charge is 0.243 e. The fourth-order valence-electron chi connectivity index (χ4n) is 11.7. The normalized spacial score (nSPS) is 14.5. The largest absolute Gasteiger partial charge is 0.744 e. The maximum atomic E-state index is 14.7. The van der Waals surface area contributed by atoms with Gasteiger partial charge in [0, 0.05) is 80.4 Å². The Bertz CT molecular complexity index is 3060. The highest BCUT2D eigenvalue weighted by atomic mass is 32.2. The lowest BCUT2D eigenvalue weighted by molar-refractivity contribution is -0.439. The van der Waals surface area contributed by atoms with Crippen LogP contribution < -0.4 is 4.90 Å². The zero-order valence-corrected chi connectivity index (χ0v) is 56.1. The van der Waals surface area contributed by atoms with Crippen LogP contribution >= 0.6 is 0 Å². The van der Waals surface area contributed by atoms with Crippen molar-refractivity contribution in [2.45, 2.75) is 212 Å². The van der Waals surface area contributed by atoms with Crippen LogP contribution in [-0.4, -0.2) is 88.0 Å². The summed E-state index contributed by atoms with van der Waals surface area (Å²) < 4.78 is 103. The molecule has 0 saturated carbocycles. The van der Waals surface area contributed by atoms with Gasteiger partial charge < -0.3 is 9.45 Å². The molecular formula is C71H106N4O7S3. The number of hydrogen-bond donors (Lipinski definition) is 0. The van der Waals surface area contributed by atoms with E-state index in [0.29, 0.717) is 89.4 Å². The number of unbranched alkanes of at least 4 members (excludes halogenated alkanes) is 6. The van der Waals surface area contributed by atoms with E-state index in [2.05, 4.69) is 78.7 Å². The van der Waals surface area contributed by atoms with Gasteiger partial charge in [-0.15, -0.1) is 0 Å². The molecule has 4 unspecified atom stereocenters. The van der Waals surface area contributed by atoms with Crippen LogP contribution in [0.2, 0.25) is 0 Å². The summed E-state index contributed by atoms with van der Waals surface area (Å²) in [5.74, 6) is 1.17. The van der Waals surface area contributed by atoms with Crippen LogP contribution in [0.3, 0.4) is 0 Å². The molecule has 0 saturated heterocycles. The standard InChI is InChI=1S/C71H106N4O7S3/c1-11-21-29-57(17-7)53-72(54-58(18-8)30-22-12-2)83(76,77)67-47-43-65(44-48-67)74(51-25-15-5)63-39-35-61(36-40-63)71(69-33-27-28-34-70(69)85(80,81)82)62-37-41-64(42-38-62)75(52-26-16-6)66-45-49-68(50-46-66)84(78,79)73(55-59(19-9)31-23-13-3)56-60(20-10)32-24-14-4/h27-28,33-50,57-60H,11-26,29-32,51-56H2,1-10H3. The predicted octanol–water partition coefficient (Wildman–Crippen LogP) is 17.9. The van der Waals surface area contributed by atoms with E-state index < -0.39 is 30.2 Å².